The lowest BCUT2D eigenvalue weighted by molar-refractivity contribution is -0.274. The van der Waals surface area contributed by atoms with Gasteiger partial charge in [-0.2, -0.15) is 10.1 Å². The molecule has 12 heteroatoms. The van der Waals surface area contributed by atoms with Crippen molar-refractivity contribution < 1.29 is 17.9 Å². The number of alkyl halides is 3. The van der Waals surface area contributed by atoms with Gasteiger partial charge in [-0.1, -0.05) is 34.8 Å². The second-order valence-electron chi connectivity index (χ2n) is 7.08. The first-order chi connectivity index (χ1) is 16.7. The van der Waals surface area contributed by atoms with Crippen molar-refractivity contribution >= 4 is 58.5 Å². The fraction of sp³-hybridized carbons (Fsp3) is 0.0870. The Morgan fingerprint density at radius 1 is 0.943 bits per heavy atom. The Hall–Kier alpha value is -3.27. The molecule has 0 amide bonds. The molecule has 0 saturated heterocycles. The maximum absolute atomic E-state index is 12.3. The maximum Gasteiger partial charge on any atom is 0.573 e. The number of aliphatic imine (C=N–C) groups is 2. The highest BCUT2D eigenvalue weighted by atomic mass is 35.5. The van der Waals surface area contributed by atoms with E-state index in [4.69, 9.17) is 34.8 Å². The lowest BCUT2D eigenvalue weighted by atomic mass is 10.2. The summed E-state index contributed by atoms with van der Waals surface area (Å²) in [6.45, 7) is 0.224. The third-order valence-corrected chi connectivity index (χ3v) is 5.63. The fourth-order valence-electron chi connectivity index (χ4n) is 3.02. The van der Waals surface area contributed by atoms with Crippen LogP contribution in [0.2, 0.25) is 15.1 Å². The highest BCUT2D eigenvalue weighted by Gasteiger charge is 2.30. The molecule has 0 radical (unpaired) electrons. The number of anilines is 1. The van der Waals surface area contributed by atoms with Crippen molar-refractivity contribution in [2.45, 2.75) is 6.36 Å². The normalized spacial score (nSPS) is 14.1. The highest BCUT2D eigenvalue weighted by molar-refractivity contribution is 6.42. The molecule has 1 aliphatic heterocycles. The molecule has 4 rings (SSSR count). The van der Waals surface area contributed by atoms with Crippen LogP contribution in [0.15, 0.2) is 81.8 Å². The number of nitrogens with one attached hydrogen (secondary N) is 1. The van der Waals surface area contributed by atoms with Crippen LogP contribution in [0.25, 0.3) is 0 Å². The molecule has 0 saturated carbocycles. The molecule has 3 aromatic rings. The minimum absolute atomic E-state index is 0.224. The van der Waals surface area contributed by atoms with Gasteiger partial charge in [-0.3, -0.25) is 4.90 Å². The summed E-state index contributed by atoms with van der Waals surface area (Å²) in [5.41, 5.74) is 4.85. The van der Waals surface area contributed by atoms with Crippen molar-refractivity contribution in [1.29, 1.82) is 0 Å². The molecule has 1 N–H and O–H groups in total. The monoisotopic (exact) mass is 539 g/mol. The summed E-state index contributed by atoms with van der Waals surface area (Å²) in [5.74, 6) is 0.451. The molecular formula is C23H15Cl3F3N5O. The van der Waals surface area contributed by atoms with E-state index in [1.54, 1.807) is 35.2 Å². The summed E-state index contributed by atoms with van der Waals surface area (Å²) in [6.07, 6.45) is -3.32. The van der Waals surface area contributed by atoms with Crippen LogP contribution >= 0.6 is 34.8 Å². The van der Waals surface area contributed by atoms with Gasteiger partial charge in [-0.05, 0) is 72.3 Å². The Labute approximate surface area is 213 Å². The number of rotatable bonds is 5. The van der Waals surface area contributed by atoms with E-state index in [0.717, 1.165) is 5.69 Å². The minimum Gasteiger partial charge on any atom is -0.406 e. The number of halogens is 6. The van der Waals surface area contributed by atoms with E-state index >= 15 is 0 Å². The standard InChI is InChI=1S/C23H15Cl3F3N5O/c24-16-4-6-17(7-5-16)34-13-30-21(15-3-10-19(25)20(26)11-15)32-22(34)33-31-12-14-1-8-18(9-2-14)35-23(27,28)29/h1-12H,13H2,(H,30,32,33). The van der Waals surface area contributed by atoms with E-state index in [-0.39, 0.29) is 12.4 Å². The molecule has 1 aliphatic rings. The van der Waals surface area contributed by atoms with Crippen LogP contribution in [0.4, 0.5) is 18.9 Å². The van der Waals surface area contributed by atoms with E-state index in [1.165, 1.54) is 30.5 Å². The van der Waals surface area contributed by atoms with Gasteiger partial charge < -0.3 is 4.74 Å². The first-order valence-electron chi connectivity index (χ1n) is 9.94. The number of hydrogen-bond acceptors (Lipinski definition) is 6. The van der Waals surface area contributed by atoms with Crippen molar-refractivity contribution in [1.82, 2.24) is 5.43 Å². The van der Waals surface area contributed by atoms with Crippen LogP contribution in [0, 0.1) is 0 Å². The second-order valence-corrected chi connectivity index (χ2v) is 8.33. The van der Waals surface area contributed by atoms with Gasteiger partial charge in [0.1, 0.15) is 12.4 Å². The van der Waals surface area contributed by atoms with Gasteiger partial charge in [0.2, 0.25) is 5.96 Å². The highest BCUT2D eigenvalue weighted by Crippen LogP contribution is 2.25. The molecule has 0 unspecified atom stereocenters. The van der Waals surface area contributed by atoms with E-state index in [1.807, 2.05) is 12.1 Å². The van der Waals surface area contributed by atoms with Crippen LogP contribution < -0.4 is 15.1 Å². The predicted molar refractivity (Wildman–Crippen MR) is 133 cm³/mol. The lowest BCUT2D eigenvalue weighted by Gasteiger charge is -2.27. The van der Waals surface area contributed by atoms with Crippen LogP contribution in [0.5, 0.6) is 5.75 Å². The van der Waals surface area contributed by atoms with Crippen LogP contribution in [-0.4, -0.2) is 31.0 Å². The zero-order chi connectivity index (χ0) is 25.0. The number of amidine groups is 1. The molecule has 1 heterocycles. The summed E-state index contributed by atoms with van der Waals surface area (Å²) < 4.78 is 40.9. The number of benzene rings is 3. The average molecular weight is 541 g/mol. The van der Waals surface area contributed by atoms with Crippen molar-refractivity contribution in [2.75, 3.05) is 11.6 Å². The number of nitrogens with zero attached hydrogens (tertiary/aromatic N) is 4. The molecule has 0 fully saturated rings. The fourth-order valence-corrected chi connectivity index (χ4v) is 3.45. The predicted octanol–water partition coefficient (Wildman–Crippen LogP) is 6.75. The Kier molecular flexibility index (Phi) is 7.49. The molecule has 0 atom stereocenters. The first-order valence-corrected chi connectivity index (χ1v) is 11.1. The number of hydrazone groups is 1. The van der Waals surface area contributed by atoms with Crippen molar-refractivity contribution in [3.63, 3.8) is 0 Å². The van der Waals surface area contributed by atoms with Crippen molar-refractivity contribution in [3.8, 4) is 5.75 Å². The number of hydrogen-bond donors (Lipinski definition) is 1. The van der Waals surface area contributed by atoms with Gasteiger partial charge in [-0.25, -0.2) is 10.4 Å². The summed E-state index contributed by atoms with van der Waals surface area (Å²) in [7, 11) is 0. The van der Waals surface area contributed by atoms with Gasteiger partial charge in [-0.15, -0.1) is 13.2 Å². The van der Waals surface area contributed by atoms with E-state index < -0.39 is 6.36 Å². The van der Waals surface area contributed by atoms with E-state index in [9.17, 15) is 13.2 Å². The summed E-state index contributed by atoms with van der Waals surface area (Å²) in [5, 5.41) is 5.54. The molecule has 35 heavy (non-hydrogen) atoms. The molecular weight excluding hydrogens is 526 g/mol. The van der Waals surface area contributed by atoms with Crippen molar-refractivity contribution in [3.05, 3.63) is 92.9 Å². The number of ether oxygens (including phenoxy) is 1. The van der Waals surface area contributed by atoms with Crippen molar-refractivity contribution in [2.24, 2.45) is 15.1 Å². The molecule has 0 aliphatic carbocycles. The van der Waals surface area contributed by atoms with Gasteiger partial charge in [0.15, 0.2) is 5.84 Å². The van der Waals surface area contributed by atoms with Crippen LogP contribution in [-0.2, 0) is 0 Å². The quantitative estimate of drug-likeness (QED) is 0.288. The molecule has 3 aromatic carbocycles. The van der Waals surface area contributed by atoms with Crippen LogP contribution in [0.1, 0.15) is 11.1 Å². The SMILES string of the molecule is FC(F)(F)Oc1ccc(C=NNC2=NC(c3ccc(Cl)c(Cl)c3)=NCN2c2ccc(Cl)cc2)cc1. The molecule has 0 spiro atoms. The molecule has 0 bridgehead atoms. The van der Waals surface area contributed by atoms with Gasteiger partial charge in [0.25, 0.3) is 0 Å². The number of guanidine groups is 1. The van der Waals surface area contributed by atoms with Crippen LogP contribution in [0.3, 0.4) is 0 Å². The zero-order valence-corrected chi connectivity index (χ0v) is 19.9. The summed E-state index contributed by atoms with van der Waals surface area (Å²) in [6, 6.07) is 17.4. The smallest absolute Gasteiger partial charge is 0.406 e. The Morgan fingerprint density at radius 3 is 2.31 bits per heavy atom. The third-order valence-electron chi connectivity index (χ3n) is 4.64. The molecule has 0 aromatic heterocycles. The zero-order valence-electron chi connectivity index (χ0n) is 17.6. The summed E-state index contributed by atoms with van der Waals surface area (Å²) >= 11 is 18.2. The third kappa shape index (κ3) is 6.66. The first kappa shape index (κ1) is 24.8. The molecule has 6 nitrogen and oxygen atoms in total. The Morgan fingerprint density at radius 2 is 1.66 bits per heavy atom. The van der Waals surface area contributed by atoms with Gasteiger partial charge in [0, 0.05) is 16.3 Å². The minimum atomic E-state index is -4.75. The van der Waals surface area contributed by atoms with Gasteiger partial charge >= 0.3 is 6.36 Å². The average Bonchev–Trinajstić information content (AvgIpc) is 2.82. The largest absolute Gasteiger partial charge is 0.573 e. The van der Waals surface area contributed by atoms with Gasteiger partial charge in [0.05, 0.1) is 16.3 Å². The maximum atomic E-state index is 12.3. The van der Waals surface area contributed by atoms with E-state index in [0.29, 0.717) is 38.0 Å². The topological polar surface area (TPSA) is 61.6 Å². The lowest BCUT2D eigenvalue weighted by Crippen LogP contribution is -2.42. The molecule has 180 valence electrons. The van der Waals surface area contributed by atoms with E-state index in [2.05, 4.69) is 25.2 Å². The summed E-state index contributed by atoms with van der Waals surface area (Å²) in [4.78, 5) is 10.9. The second kappa shape index (κ2) is 10.6. The Bertz CT molecular complexity index is 1290. The Balaban J connectivity index is 1.56.